The van der Waals surface area contributed by atoms with Gasteiger partial charge in [-0.15, -0.1) is 0 Å². The molecule has 2 aromatic carbocycles. The molecule has 1 heterocycles. The van der Waals surface area contributed by atoms with Crippen LogP contribution in [-0.4, -0.2) is 27.9 Å². The molecule has 0 spiro atoms. The van der Waals surface area contributed by atoms with Gasteiger partial charge in [-0.2, -0.15) is 0 Å². The van der Waals surface area contributed by atoms with E-state index in [9.17, 15) is 9.90 Å². The first-order valence-corrected chi connectivity index (χ1v) is 7.94. The Morgan fingerprint density at radius 2 is 2.04 bits per heavy atom. The van der Waals surface area contributed by atoms with Crippen LogP contribution in [0.1, 0.15) is 17.2 Å². The number of hydrogen-bond acceptors (Lipinski definition) is 3. The third kappa shape index (κ3) is 3.40. The summed E-state index contributed by atoms with van der Waals surface area (Å²) in [4.78, 5) is 18.1. The third-order valence-electron chi connectivity index (χ3n) is 3.95. The summed E-state index contributed by atoms with van der Waals surface area (Å²) >= 11 is 5.93. The molecule has 0 saturated carbocycles. The van der Waals surface area contributed by atoms with Crippen molar-refractivity contribution in [3.8, 4) is 0 Å². The molecule has 1 unspecified atom stereocenters. The number of carbonyl (C=O) groups is 1. The van der Waals surface area contributed by atoms with Crippen molar-refractivity contribution in [1.29, 1.82) is 0 Å². The molecule has 5 heteroatoms. The molecule has 1 N–H and O–H groups in total. The van der Waals surface area contributed by atoms with Crippen molar-refractivity contribution in [2.75, 3.05) is 7.05 Å². The zero-order valence-corrected chi connectivity index (χ0v) is 13.9. The Labute approximate surface area is 145 Å². The minimum atomic E-state index is -1.23. The highest BCUT2D eigenvalue weighted by molar-refractivity contribution is 6.30. The van der Waals surface area contributed by atoms with Crippen LogP contribution in [-0.2, 0) is 11.3 Å². The molecule has 0 radical (unpaired) electrons. The van der Waals surface area contributed by atoms with E-state index in [0.717, 1.165) is 16.3 Å². The predicted molar refractivity (Wildman–Crippen MR) is 94.6 cm³/mol. The molecule has 0 saturated heterocycles. The standard InChI is InChI=1S/C19H17ClN2O2/c1-22(19(24)18(23)13-4-3-7-16(20)10-13)12-15-6-2-5-14-11-21-9-8-17(14)15/h2-11,18,23H,12H2,1H3. The van der Waals surface area contributed by atoms with Gasteiger partial charge in [-0.25, -0.2) is 0 Å². The molecule has 0 bridgehead atoms. The Morgan fingerprint density at radius 3 is 2.83 bits per heavy atom. The van der Waals surface area contributed by atoms with Gasteiger partial charge in [0.1, 0.15) is 0 Å². The van der Waals surface area contributed by atoms with Crippen LogP contribution in [0.2, 0.25) is 5.02 Å². The molecule has 0 aliphatic heterocycles. The lowest BCUT2D eigenvalue weighted by atomic mass is 10.1. The Hall–Kier alpha value is -2.43. The Kier molecular flexibility index (Phi) is 4.79. The molecule has 3 rings (SSSR count). The molecule has 0 fully saturated rings. The van der Waals surface area contributed by atoms with Crippen molar-refractivity contribution >= 4 is 28.3 Å². The number of fused-ring (bicyclic) bond motifs is 1. The van der Waals surface area contributed by atoms with Gasteiger partial charge >= 0.3 is 0 Å². The Balaban J connectivity index is 1.81. The summed E-state index contributed by atoms with van der Waals surface area (Å²) in [7, 11) is 1.68. The Morgan fingerprint density at radius 1 is 1.25 bits per heavy atom. The first-order chi connectivity index (χ1) is 11.6. The van der Waals surface area contributed by atoms with Gasteiger partial charge in [0.15, 0.2) is 6.10 Å². The van der Waals surface area contributed by atoms with Crippen molar-refractivity contribution in [1.82, 2.24) is 9.88 Å². The van der Waals surface area contributed by atoms with E-state index in [1.165, 1.54) is 4.90 Å². The molecule has 0 aliphatic rings. The van der Waals surface area contributed by atoms with Crippen molar-refractivity contribution < 1.29 is 9.90 Å². The largest absolute Gasteiger partial charge is 0.378 e. The summed E-state index contributed by atoms with van der Waals surface area (Å²) < 4.78 is 0. The van der Waals surface area contributed by atoms with Crippen LogP contribution in [0.5, 0.6) is 0 Å². The minimum absolute atomic E-state index is 0.372. The maximum atomic E-state index is 12.5. The number of aromatic nitrogens is 1. The van der Waals surface area contributed by atoms with Crippen LogP contribution in [0.25, 0.3) is 10.8 Å². The number of likely N-dealkylation sites (N-methyl/N-ethyl adjacent to an activating group) is 1. The number of halogens is 1. The van der Waals surface area contributed by atoms with Gasteiger partial charge in [-0.1, -0.05) is 41.9 Å². The fourth-order valence-electron chi connectivity index (χ4n) is 2.69. The van der Waals surface area contributed by atoms with E-state index in [1.807, 2.05) is 24.3 Å². The number of pyridine rings is 1. The van der Waals surface area contributed by atoms with Gasteiger partial charge in [-0.3, -0.25) is 9.78 Å². The summed E-state index contributed by atoms with van der Waals surface area (Å²) in [5.41, 5.74) is 1.49. The SMILES string of the molecule is CN(Cc1cccc2cnccc12)C(=O)C(O)c1cccc(Cl)c1. The number of benzene rings is 2. The summed E-state index contributed by atoms with van der Waals surface area (Å²) in [6.07, 6.45) is 2.29. The molecule has 122 valence electrons. The maximum absolute atomic E-state index is 12.5. The molecule has 0 aliphatic carbocycles. The molecular formula is C19H17ClN2O2. The molecule has 24 heavy (non-hydrogen) atoms. The zero-order chi connectivity index (χ0) is 17.1. The van der Waals surface area contributed by atoms with Gasteiger partial charge in [0.05, 0.1) is 0 Å². The normalized spacial score (nSPS) is 12.1. The highest BCUT2D eigenvalue weighted by atomic mass is 35.5. The molecule has 1 atom stereocenters. The number of aliphatic hydroxyl groups excluding tert-OH is 1. The van der Waals surface area contributed by atoms with E-state index in [2.05, 4.69) is 4.98 Å². The highest BCUT2D eigenvalue weighted by Gasteiger charge is 2.22. The first-order valence-electron chi connectivity index (χ1n) is 7.56. The van der Waals surface area contributed by atoms with E-state index in [1.54, 1.807) is 43.7 Å². The van der Waals surface area contributed by atoms with Crippen molar-refractivity contribution in [2.45, 2.75) is 12.6 Å². The van der Waals surface area contributed by atoms with Crippen molar-refractivity contribution in [3.05, 3.63) is 77.1 Å². The number of amides is 1. The smallest absolute Gasteiger partial charge is 0.256 e. The third-order valence-corrected chi connectivity index (χ3v) is 4.19. The summed E-state index contributed by atoms with van der Waals surface area (Å²) in [6, 6.07) is 14.5. The van der Waals surface area contributed by atoms with E-state index in [-0.39, 0.29) is 5.91 Å². The van der Waals surface area contributed by atoms with Crippen LogP contribution in [0.4, 0.5) is 0 Å². The van der Waals surface area contributed by atoms with Crippen LogP contribution >= 0.6 is 11.6 Å². The van der Waals surface area contributed by atoms with E-state index < -0.39 is 6.10 Å². The van der Waals surface area contributed by atoms with Crippen LogP contribution in [0.15, 0.2) is 60.9 Å². The summed E-state index contributed by atoms with van der Waals surface area (Å²) in [6.45, 7) is 0.401. The zero-order valence-electron chi connectivity index (χ0n) is 13.2. The number of hydrogen-bond donors (Lipinski definition) is 1. The second-order valence-corrected chi connectivity index (χ2v) is 6.10. The van der Waals surface area contributed by atoms with Gasteiger partial charge < -0.3 is 10.0 Å². The van der Waals surface area contributed by atoms with Gasteiger partial charge in [0.25, 0.3) is 5.91 Å². The maximum Gasteiger partial charge on any atom is 0.256 e. The lowest BCUT2D eigenvalue weighted by molar-refractivity contribution is -0.139. The quantitative estimate of drug-likeness (QED) is 0.789. The van der Waals surface area contributed by atoms with Gasteiger partial charge in [0, 0.05) is 36.4 Å². The van der Waals surface area contributed by atoms with Crippen LogP contribution < -0.4 is 0 Å². The summed E-state index contributed by atoms with van der Waals surface area (Å²) in [5, 5.41) is 12.9. The monoisotopic (exact) mass is 340 g/mol. The lowest BCUT2D eigenvalue weighted by Gasteiger charge is -2.22. The summed E-state index contributed by atoms with van der Waals surface area (Å²) in [5.74, 6) is -0.372. The number of rotatable bonds is 4. The van der Waals surface area contributed by atoms with E-state index >= 15 is 0 Å². The fourth-order valence-corrected chi connectivity index (χ4v) is 2.89. The van der Waals surface area contributed by atoms with E-state index in [0.29, 0.717) is 17.1 Å². The van der Waals surface area contributed by atoms with E-state index in [4.69, 9.17) is 11.6 Å². The molecular weight excluding hydrogens is 324 g/mol. The van der Waals surface area contributed by atoms with Gasteiger partial charge in [-0.05, 0) is 34.7 Å². The first kappa shape index (κ1) is 16.4. The number of nitrogens with zero attached hydrogens (tertiary/aromatic N) is 2. The Bertz CT molecular complexity index is 877. The van der Waals surface area contributed by atoms with Crippen LogP contribution in [0, 0.1) is 0 Å². The van der Waals surface area contributed by atoms with Gasteiger partial charge in [0.2, 0.25) is 0 Å². The lowest BCUT2D eigenvalue weighted by Crippen LogP contribution is -2.31. The second kappa shape index (κ2) is 6.99. The number of carbonyl (C=O) groups excluding carboxylic acids is 1. The molecule has 1 aromatic heterocycles. The fraction of sp³-hybridized carbons (Fsp3) is 0.158. The average Bonchev–Trinajstić information content (AvgIpc) is 2.60. The number of aliphatic hydroxyl groups is 1. The van der Waals surface area contributed by atoms with Crippen LogP contribution in [0.3, 0.4) is 0 Å². The average molecular weight is 341 g/mol. The molecule has 4 nitrogen and oxygen atoms in total. The highest BCUT2D eigenvalue weighted by Crippen LogP contribution is 2.22. The molecule has 3 aromatic rings. The molecule has 1 amide bonds. The predicted octanol–water partition coefficient (Wildman–Crippen LogP) is 3.58. The van der Waals surface area contributed by atoms with Crippen molar-refractivity contribution in [3.63, 3.8) is 0 Å². The van der Waals surface area contributed by atoms with Crippen molar-refractivity contribution in [2.24, 2.45) is 0 Å². The minimum Gasteiger partial charge on any atom is -0.378 e. The topological polar surface area (TPSA) is 53.4 Å². The second-order valence-electron chi connectivity index (χ2n) is 5.67.